The van der Waals surface area contributed by atoms with E-state index in [1.165, 1.54) is 21.3 Å². The van der Waals surface area contributed by atoms with Gasteiger partial charge in [0.15, 0.2) is 11.5 Å². The summed E-state index contributed by atoms with van der Waals surface area (Å²) in [6.45, 7) is 0.586. The summed E-state index contributed by atoms with van der Waals surface area (Å²) in [6.07, 6.45) is 3.90. The molecule has 0 aromatic heterocycles. The topological polar surface area (TPSA) is 92.0 Å². The van der Waals surface area contributed by atoms with Crippen molar-refractivity contribution in [2.45, 2.75) is 31.7 Å². The van der Waals surface area contributed by atoms with E-state index in [-0.39, 0.29) is 24.4 Å². The lowest BCUT2D eigenvalue weighted by Crippen LogP contribution is -2.39. The fourth-order valence-electron chi connectivity index (χ4n) is 3.26. The van der Waals surface area contributed by atoms with Crippen LogP contribution in [-0.2, 0) is 6.42 Å². The first-order valence-electron chi connectivity index (χ1n) is 9.72. The second-order valence-corrected chi connectivity index (χ2v) is 6.91. The van der Waals surface area contributed by atoms with Gasteiger partial charge in [-0.25, -0.2) is 0 Å². The third-order valence-electron chi connectivity index (χ3n) is 5.04. The lowest BCUT2D eigenvalue weighted by atomic mass is 9.93. The highest BCUT2D eigenvalue weighted by Crippen LogP contribution is 2.48. The standard InChI is InChI=1S/C22H28N2O5.ClH/c1-26-19-17(22(25)24-15-5-4-6-15)13-18(20(27-2)21(19)28-3)29-16-9-7-14(8-10-16)11-12-23;/h7-10,13,15H,4-6,11-12,23H2,1-3H3,(H,24,25);1H. The summed E-state index contributed by atoms with van der Waals surface area (Å²) >= 11 is 0. The first-order valence-corrected chi connectivity index (χ1v) is 9.72. The zero-order chi connectivity index (χ0) is 20.8. The van der Waals surface area contributed by atoms with Crippen molar-refractivity contribution >= 4 is 18.3 Å². The third-order valence-corrected chi connectivity index (χ3v) is 5.04. The normalized spacial score (nSPS) is 12.9. The Hall–Kier alpha value is -2.64. The average molecular weight is 437 g/mol. The van der Waals surface area contributed by atoms with Crippen molar-refractivity contribution in [3.8, 4) is 28.7 Å². The molecule has 1 aliphatic carbocycles. The number of benzene rings is 2. The van der Waals surface area contributed by atoms with E-state index in [0.717, 1.165) is 31.2 Å². The van der Waals surface area contributed by atoms with Gasteiger partial charge in [-0.1, -0.05) is 12.1 Å². The Kier molecular flexibility index (Phi) is 8.62. The predicted molar refractivity (Wildman–Crippen MR) is 118 cm³/mol. The number of halogens is 1. The van der Waals surface area contributed by atoms with E-state index < -0.39 is 0 Å². The summed E-state index contributed by atoms with van der Waals surface area (Å²) in [7, 11) is 4.51. The molecule has 0 aliphatic heterocycles. The number of hydrogen-bond donors (Lipinski definition) is 2. The van der Waals surface area contributed by atoms with Gasteiger partial charge in [0.05, 0.1) is 26.9 Å². The fraction of sp³-hybridized carbons (Fsp3) is 0.409. The molecule has 0 heterocycles. The molecule has 8 heteroatoms. The van der Waals surface area contributed by atoms with Crippen LogP contribution in [0.5, 0.6) is 28.7 Å². The van der Waals surface area contributed by atoms with Gasteiger partial charge in [0.25, 0.3) is 5.91 Å². The minimum Gasteiger partial charge on any atom is -0.492 e. The van der Waals surface area contributed by atoms with Crippen molar-refractivity contribution in [2.24, 2.45) is 5.73 Å². The Morgan fingerprint density at radius 3 is 2.17 bits per heavy atom. The number of nitrogens with one attached hydrogen (secondary N) is 1. The number of ether oxygens (including phenoxy) is 4. The van der Waals surface area contributed by atoms with Crippen LogP contribution in [0.2, 0.25) is 0 Å². The van der Waals surface area contributed by atoms with Crippen LogP contribution in [0.15, 0.2) is 30.3 Å². The maximum Gasteiger partial charge on any atom is 0.255 e. The predicted octanol–water partition coefficient (Wildman–Crippen LogP) is 3.71. The molecule has 0 radical (unpaired) electrons. The minimum absolute atomic E-state index is 0. The number of carbonyl (C=O) groups excluding carboxylic acids is 1. The fourth-order valence-corrected chi connectivity index (χ4v) is 3.26. The second kappa shape index (κ2) is 10.9. The zero-order valence-corrected chi connectivity index (χ0v) is 18.3. The Labute approximate surface area is 183 Å². The van der Waals surface area contributed by atoms with Gasteiger partial charge in [0.2, 0.25) is 11.5 Å². The molecule has 0 saturated heterocycles. The number of hydrogen-bond acceptors (Lipinski definition) is 6. The number of methoxy groups -OCH3 is 3. The summed E-state index contributed by atoms with van der Waals surface area (Å²) in [5.41, 5.74) is 7.07. The molecule has 1 saturated carbocycles. The van der Waals surface area contributed by atoms with E-state index in [2.05, 4.69) is 5.32 Å². The van der Waals surface area contributed by atoms with Gasteiger partial charge in [-0.3, -0.25) is 4.79 Å². The van der Waals surface area contributed by atoms with E-state index in [4.69, 9.17) is 24.7 Å². The van der Waals surface area contributed by atoms with Crippen molar-refractivity contribution in [3.05, 3.63) is 41.5 Å². The molecule has 2 aromatic rings. The van der Waals surface area contributed by atoms with E-state index in [9.17, 15) is 4.79 Å². The van der Waals surface area contributed by atoms with Gasteiger partial charge in [-0.15, -0.1) is 12.4 Å². The molecule has 0 spiro atoms. The molecular weight excluding hydrogens is 408 g/mol. The Morgan fingerprint density at radius 2 is 1.67 bits per heavy atom. The van der Waals surface area contributed by atoms with Gasteiger partial charge in [0, 0.05) is 12.1 Å². The van der Waals surface area contributed by atoms with Crippen molar-refractivity contribution in [1.82, 2.24) is 5.32 Å². The van der Waals surface area contributed by atoms with Crippen molar-refractivity contribution in [1.29, 1.82) is 0 Å². The highest BCUT2D eigenvalue weighted by Gasteiger charge is 2.28. The highest BCUT2D eigenvalue weighted by molar-refractivity contribution is 5.99. The molecule has 3 rings (SSSR count). The molecule has 1 aliphatic rings. The number of rotatable bonds is 9. The molecule has 0 atom stereocenters. The largest absolute Gasteiger partial charge is 0.492 e. The summed E-state index contributed by atoms with van der Waals surface area (Å²) in [4.78, 5) is 12.9. The lowest BCUT2D eigenvalue weighted by molar-refractivity contribution is 0.0912. The molecule has 164 valence electrons. The second-order valence-electron chi connectivity index (χ2n) is 6.91. The Balaban J connectivity index is 0.00000320. The molecule has 1 fully saturated rings. The van der Waals surface area contributed by atoms with Crippen LogP contribution >= 0.6 is 12.4 Å². The first-order chi connectivity index (χ1) is 14.1. The highest BCUT2D eigenvalue weighted by atomic mass is 35.5. The number of carbonyl (C=O) groups is 1. The van der Waals surface area contributed by atoms with Crippen LogP contribution in [0.3, 0.4) is 0 Å². The van der Waals surface area contributed by atoms with Crippen LogP contribution in [0.25, 0.3) is 0 Å². The summed E-state index contributed by atoms with van der Waals surface area (Å²) in [5, 5.41) is 3.03. The monoisotopic (exact) mass is 436 g/mol. The maximum atomic E-state index is 12.9. The first kappa shape index (κ1) is 23.6. The van der Waals surface area contributed by atoms with Crippen molar-refractivity contribution in [3.63, 3.8) is 0 Å². The van der Waals surface area contributed by atoms with E-state index in [1.807, 2.05) is 24.3 Å². The number of nitrogens with two attached hydrogens (primary N) is 1. The summed E-state index contributed by atoms with van der Waals surface area (Å²) in [6, 6.07) is 9.45. The lowest BCUT2D eigenvalue weighted by Gasteiger charge is -2.27. The molecule has 3 N–H and O–H groups in total. The van der Waals surface area contributed by atoms with Crippen LogP contribution < -0.4 is 30.0 Å². The number of amides is 1. The van der Waals surface area contributed by atoms with Gasteiger partial charge in [-0.05, 0) is 49.9 Å². The minimum atomic E-state index is -0.226. The molecule has 1 amide bonds. The van der Waals surface area contributed by atoms with E-state index >= 15 is 0 Å². The smallest absolute Gasteiger partial charge is 0.255 e. The van der Waals surface area contributed by atoms with Gasteiger partial charge < -0.3 is 30.0 Å². The quantitative estimate of drug-likeness (QED) is 0.622. The van der Waals surface area contributed by atoms with Crippen LogP contribution in [-0.4, -0.2) is 39.8 Å². The Bertz CT molecular complexity index is 854. The molecule has 2 aromatic carbocycles. The van der Waals surface area contributed by atoms with E-state index in [1.54, 1.807) is 6.07 Å². The summed E-state index contributed by atoms with van der Waals surface area (Å²) < 4.78 is 22.5. The van der Waals surface area contributed by atoms with Crippen LogP contribution in [0.4, 0.5) is 0 Å². The maximum absolute atomic E-state index is 12.9. The average Bonchev–Trinajstić information content (AvgIpc) is 2.71. The van der Waals surface area contributed by atoms with E-state index in [0.29, 0.717) is 40.9 Å². The Morgan fingerprint density at radius 1 is 1.03 bits per heavy atom. The van der Waals surface area contributed by atoms with Crippen molar-refractivity contribution < 1.29 is 23.7 Å². The zero-order valence-electron chi connectivity index (χ0n) is 17.5. The van der Waals surface area contributed by atoms with Gasteiger partial charge in [-0.2, -0.15) is 0 Å². The van der Waals surface area contributed by atoms with Crippen LogP contribution in [0, 0.1) is 0 Å². The molecule has 0 unspecified atom stereocenters. The summed E-state index contributed by atoms with van der Waals surface area (Å²) in [5.74, 6) is 1.74. The molecule has 0 bridgehead atoms. The van der Waals surface area contributed by atoms with Crippen LogP contribution in [0.1, 0.15) is 35.2 Å². The molecular formula is C22H29ClN2O5. The SMILES string of the molecule is COc1c(Oc2ccc(CCN)cc2)cc(C(=O)NC2CCC2)c(OC)c1OC.Cl. The van der Waals surface area contributed by atoms with Gasteiger partial charge >= 0.3 is 0 Å². The van der Waals surface area contributed by atoms with Gasteiger partial charge in [0.1, 0.15) is 5.75 Å². The van der Waals surface area contributed by atoms with Crippen molar-refractivity contribution in [2.75, 3.05) is 27.9 Å². The third kappa shape index (κ3) is 5.09. The molecule has 7 nitrogen and oxygen atoms in total. The molecule has 30 heavy (non-hydrogen) atoms.